The predicted octanol–water partition coefficient (Wildman–Crippen LogP) is 2.97. The SMILES string of the molecule is CCC1CCC(N(C)S(=O)(=O)c2ccc(C(N)=S)s2)CC1. The van der Waals surface area contributed by atoms with Crippen molar-refractivity contribution in [3.8, 4) is 0 Å². The molecule has 7 heteroatoms. The van der Waals surface area contributed by atoms with Gasteiger partial charge in [-0.1, -0.05) is 25.6 Å². The molecule has 0 aromatic carbocycles. The largest absolute Gasteiger partial charge is 0.389 e. The highest BCUT2D eigenvalue weighted by molar-refractivity contribution is 7.91. The molecule has 0 amide bonds. The molecule has 1 aliphatic rings. The van der Waals surface area contributed by atoms with Gasteiger partial charge in [0.25, 0.3) is 10.0 Å². The molecule has 0 aliphatic heterocycles. The van der Waals surface area contributed by atoms with Crippen molar-refractivity contribution in [3.05, 3.63) is 17.0 Å². The standard InChI is InChI=1S/C14H22N2O2S3/c1-3-10-4-6-11(7-5-10)16(2)21(17,18)13-9-8-12(20-13)14(15)19/h8-11H,3-7H2,1-2H3,(H2,15,19). The van der Waals surface area contributed by atoms with E-state index in [1.54, 1.807) is 19.2 Å². The van der Waals surface area contributed by atoms with Crippen LogP contribution in [0.3, 0.4) is 0 Å². The molecule has 0 saturated heterocycles. The summed E-state index contributed by atoms with van der Waals surface area (Å²) in [6, 6.07) is 3.39. The van der Waals surface area contributed by atoms with Crippen molar-refractivity contribution in [2.75, 3.05) is 7.05 Å². The highest BCUT2D eigenvalue weighted by atomic mass is 32.2. The summed E-state index contributed by atoms with van der Waals surface area (Å²) >= 11 is 6.04. The summed E-state index contributed by atoms with van der Waals surface area (Å²) in [5.41, 5.74) is 5.55. The maximum Gasteiger partial charge on any atom is 0.252 e. The van der Waals surface area contributed by atoms with Crippen molar-refractivity contribution in [1.82, 2.24) is 4.31 Å². The lowest BCUT2D eigenvalue weighted by Gasteiger charge is -2.33. The molecule has 0 radical (unpaired) electrons. The Labute approximate surface area is 136 Å². The van der Waals surface area contributed by atoms with Gasteiger partial charge in [-0.2, -0.15) is 4.31 Å². The summed E-state index contributed by atoms with van der Waals surface area (Å²) in [6.45, 7) is 2.20. The van der Waals surface area contributed by atoms with Gasteiger partial charge in [-0.05, 0) is 43.7 Å². The molecule has 1 saturated carbocycles. The zero-order valence-electron chi connectivity index (χ0n) is 12.4. The van der Waals surface area contributed by atoms with Crippen LogP contribution in [0.5, 0.6) is 0 Å². The summed E-state index contributed by atoms with van der Waals surface area (Å²) in [5.74, 6) is 0.750. The fraction of sp³-hybridized carbons (Fsp3) is 0.643. The third-order valence-corrected chi connectivity index (χ3v) is 8.21. The Balaban J connectivity index is 2.13. The molecule has 0 spiro atoms. The second-order valence-electron chi connectivity index (χ2n) is 5.59. The van der Waals surface area contributed by atoms with E-state index in [1.165, 1.54) is 10.7 Å². The normalized spacial score (nSPS) is 23.4. The summed E-state index contributed by atoms with van der Waals surface area (Å²) in [5, 5.41) is 0. The number of hydrogen-bond acceptors (Lipinski definition) is 4. The predicted molar refractivity (Wildman–Crippen MR) is 91.2 cm³/mol. The van der Waals surface area contributed by atoms with E-state index >= 15 is 0 Å². The molecule has 2 N–H and O–H groups in total. The maximum absolute atomic E-state index is 12.7. The van der Waals surface area contributed by atoms with Gasteiger partial charge in [0.2, 0.25) is 0 Å². The Morgan fingerprint density at radius 3 is 2.48 bits per heavy atom. The van der Waals surface area contributed by atoms with Crippen LogP contribution in [0.15, 0.2) is 16.3 Å². The number of sulfonamides is 1. The molecule has 1 aromatic rings. The van der Waals surface area contributed by atoms with Gasteiger partial charge in [-0.25, -0.2) is 8.42 Å². The number of nitrogens with zero attached hydrogens (tertiary/aromatic N) is 1. The van der Waals surface area contributed by atoms with Crippen molar-refractivity contribution in [3.63, 3.8) is 0 Å². The molecule has 0 atom stereocenters. The smallest absolute Gasteiger partial charge is 0.252 e. The zero-order valence-corrected chi connectivity index (χ0v) is 14.9. The summed E-state index contributed by atoms with van der Waals surface area (Å²) in [7, 11) is -1.75. The lowest BCUT2D eigenvalue weighted by atomic mass is 9.85. The third kappa shape index (κ3) is 3.64. The summed E-state index contributed by atoms with van der Waals surface area (Å²) in [6.07, 6.45) is 5.31. The average molecular weight is 347 g/mol. The van der Waals surface area contributed by atoms with Gasteiger partial charge in [-0.15, -0.1) is 11.3 Å². The van der Waals surface area contributed by atoms with Crippen molar-refractivity contribution in [2.45, 2.75) is 49.3 Å². The summed E-state index contributed by atoms with van der Waals surface area (Å²) < 4.78 is 27.2. The van der Waals surface area contributed by atoms with Crippen molar-refractivity contribution >= 4 is 38.6 Å². The van der Waals surface area contributed by atoms with E-state index in [2.05, 4.69) is 6.92 Å². The number of nitrogens with two attached hydrogens (primary N) is 1. The second kappa shape index (κ2) is 6.73. The molecule has 0 bridgehead atoms. The Morgan fingerprint density at radius 1 is 1.38 bits per heavy atom. The fourth-order valence-electron chi connectivity index (χ4n) is 2.85. The minimum atomic E-state index is -3.44. The third-order valence-electron chi connectivity index (χ3n) is 4.37. The quantitative estimate of drug-likeness (QED) is 0.833. The van der Waals surface area contributed by atoms with E-state index in [1.807, 2.05) is 0 Å². The van der Waals surface area contributed by atoms with E-state index in [9.17, 15) is 8.42 Å². The Kier molecular flexibility index (Phi) is 5.40. The lowest BCUT2D eigenvalue weighted by molar-refractivity contribution is 0.233. The van der Waals surface area contributed by atoms with Gasteiger partial charge in [0.05, 0.1) is 4.88 Å². The average Bonchev–Trinajstić information content (AvgIpc) is 2.97. The van der Waals surface area contributed by atoms with E-state index in [0.29, 0.717) is 9.09 Å². The van der Waals surface area contributed by atoms with Gasteiger partial charge < -0.3 is 5.73 Å². The minimum absolute atomic E-state index is 0.105. The van der Waals surface area contributed by atoms with Crippen LogP contribution in [-0.4, -0.2) is 30.8 Å². The molecule has 1 fully saturated rings. The first-order valence-electron chi connectivity index (χ1n) is 7.24. The Morgan fingerprint density at radius 2 is 2.00 bits per heavy atom. The Bertz CT molecular complexity index is 601. The van der Waals surface area contributed by atoms with Crippen LogP contribution in [-0.2, 0) is 10.0 Å². The highest BCUT2D eigenvalue weighted by Gasteiger charge is 2.32. The van der Waals surface area contributed by atoms with Crippen LogP contribution < -0.4 is 5.73 Å². The van der Waals surface area contributed by atoms with Gasteiger partial charge in [0, 0.05) is 13.1 Å². The van der Waals surface area contributed by atoms with Crippen molar-refractivity contribution < 1.29 is 8.42 Å². The summed E-state index contributed by atoms with van der Waals surface area (Å²) in [4.78, 5) is 0.888. The minimum Gasteiger partial charge on any atom is -0.389 e. The number of rotatable bonds is 5. The van der Waals surface area contributed by atoms with Crippen LogP contribution in [0.4, 0.5) is 0 Å². The number of hydrogen-bond donors (Lipinski definition) is 1. The van der Waals surface area contributed by atoms with Gasteiger partial charge in [0.1, 0.15) is 9.20 Å². The number of thiocarbonyl (C=S) groups is 1. The van der Waals surface area contributed by atoms with E-state index in [0.717, 1.165) is 42.9 Å². The second-order valence-corrected chi connectivity index (χ2v) is 9.33. The van der Waals surface area contributed by atoms with E-state index in [4.69, 9.17) is 18.0 Å². The molecule has 2 rings (SSSR count). The molecule has 118 valence electrons. The molecule has 4 nitrogen and oxygen atoms in total. The Hall–Kier alpha value is -0.500. The highest BCUT2D eigenvalue weighted by Crippen LogP contribution is 2.32. The van der Waals surface area contributed by atoms with Crippen LogP contribution in [0.2, 0.25) is 0 Å². The van der Waals surface area contributed by atoms with Crippen LogP contribution >= 0.6 is 23.6 Å². The van der Waals surface area contributed by atoms with Gasteiger partial charge in [-0.3, -0.25) is 0 Å². The monoisotopic (exact) mass is 346 g/mol. The molecule has 0 unspecified atom stereocenters. The molecule has 21 heavy (non-hydrogen) atoms. The first kappa shape index (κ1) is 16.9. The molecule has 1 aromatic heterocycles. The molecule has 1 aliphatic carbocycles. The lowest BCUT2D eigenvalue weighted by Crippen LogP contribution is -2.39. The first-order valence-corrected chi connectivity index (χ1v) is 9.90. The molecular weight excluding hydrogens is 324 g/mol. The van der Waals surface area contributed by atoms with Crippen molar-refractivity contribution in [1.29, 1.82) is 0 Å². The van der Waals surface area contributed by atoms with Crippen molar-refractivity contribution in [2.24, 2.45) is 11.7 Å². The molecular formula is C14H22N2O2S3. The topological polar surface area (TPSA) is 63.4 Å². The van der Waals surface area contributed by atoms with Crippen LogP contribution in [0.1, 0.15) is 43.9 Å². The van der Waals surface area contributed by atoms with Crippen LogP contribution in [0, 0.1) is 5.92 Å². The van der Waals surface area contributed by atoms with Crippen LogP contribution in [0.25, 0.3) is 0 Å². The van der Waals surface area contributed by atoms with Gasteiger partial charge in [0.15, 0.2) is 0 Å². The van der Waals surface area contributed by atoms with E-state index in [-0.39, 0.29) is 11.0 Å². The number of thiophene rings is 1. The maximum atomic E-state index is 12.7. The van der Waals surface area contributed by atoms with E-state index < -0.39 is 10.0 Å². The zero-order chi connectivity index (χ0) is 15.6. The first-order chi connectivity index (χ1) is 9.86. The molecule has 1 heterocycles. The van der Waals surface area contributed by atoms with Gasteiger partial charge >= 0.3 is 0 Å². The fourth-order valence-corrected chi connectivity index (χ4v) is 5.80.